The van der Waals surface area contributed by atoms with E-state index >= 15 is 0 Å². The van der Waals surface area contributed by atoms with Crippen LogP contribution in [-0.2, 0) is 9.53 Å². The smallest absolute Gasteiger partial charge is 0.270 e. The Morgan fingerprint density at radius 1 is 1.24 bits per heavy atom. The predicted octanol–water partition coefficient (Wildman–Crippen LogP) is 2.65. The zero-order valence-corrected chi connectivity index (χ0v) is 19.8. The van der Waals surface area contributed by atoms with Gasteiger partial charge >= 0.3 is 0 Å². The average molecular weight is 479 g/mol. The number of rotatable bonds is 10. The Morgan fingerprint density at radius 3 is 2.71 bits per heavy atom. The molecule has 1 aliphatic rings. The molecule has 0 radical (unpaired) electrons. The highest BCUT2D eigenvalue weighted by Gasteiger charge is 2.24. The molecule has 1 aromatic heterocycles. The van der Waals surface area contributed by atoms with Gasteiger partial charge in [-0.3, -0.25) is 9.59 Å². The average Bonchev–Trinajstić information content (AvgIpc) is 2.81. The van der Waals surface area contributed by atoms with E-state index in [1.165, 1.54) is 6.07 Å². The third-order valence-corrected chi connectivity index (χ3v) is 5.98. The first-order valence-corrected chi connectivity index (χ1v) is 11.5. The van der Waals surface area contributed by atoms with Gasteiger partial charge in [0.05, 0.1) is 6.61 Å². The fourth-order valence-corrected chi connectivity index (χ4v) is 3.89. The van der Waals surface area contributed by atoms with E-state index in [0.29, 0.717) is 26.1 Å². The number of carbonyl (C=O) groups excluding carboxylic acids is 2. The molecule has 1 aliphatic heterocycles. The minimum absolute atomic E-state index is 0.00459. The second kappa shape index (κ2) is 12.0. The van der Waals surface area contributed by atoms with Gasteiger partial charge in [-0.2, -0.15) is 0 Å². The van der Waals surface area contributed by atoms with Gasteiger partial charge in [0.15, 0.2) is 5.82 Å². The van der Waals surface area contributed by atoms with Crippen molar-refractivity contribution in [1.29, 1.82) is 0 Å². The number of hydrogen-bond donors (Lipinski definition) is 2. The summed E-state index contributed by atoms with van der Waals surface area (Å²) >= 11 is 0. The highest BCUT2D eigenvalue weighted by molar-refractivity contribution is 5.97. The first-order valence-electron chi connectivity index (χ1n) is 11.5. The third kappa shape index (κ3) is 6.83. The molecule has 0 aliphatic carbocycles. The van der Waals surface area contributed by atoms with Crippen LogP contribution >= 0.6 is 0 Å². The fraction of sp³-hybridized carbons (Fsp3) is 0.542. The number of aromatic nitrogens is 1. The van der Waals surface area contributed by atoms with Crippen LogP contribution in [0.3, 0.4) is 0 Å². The van der Waals surface area contributed by atoms with E-state index in [2.05, 4.69) is 15.6 Å². The number of ether oxygens (including phenoxy) is 2. The molecule has 2 atom stereocenters. The minimum atomic E-state index is -0.857. The first-order chi connectivity index (χ1) is 16.3. The maximum Gasteiger partial charge on any atom is 0.270 e. The van der Waals surface area contributed by atoms with E-state index in [-0.39, 0.29) is 46.9 Å². The fourth-order valence-electron chi connectivity index (χ4n) is 3.89. The summed E-state index contributed by atoms with van der Waals surface area (Å²) in [4.78, 5) is 30.1. The number of fused-ring (bicyclic) bond motifs is 1. The summed E-state index contributed by atoms with van der Waals surface area (Å²) in [5.74, 6) is -1.83. The van der Waals surface area contributed by atoms with Gasteiger partial charge < -0.3 is 25.0 Å². The molecule has 0 bridgehead atoms. The van der Waals surface area contributed by atoms with Crippen molar-refractivity contribution in [3.8, 4) is 5.75 Å². The molecule has 1 fully saturated rings. The molecule has 1 saturated heterocycles. The first kappa shape index (κ1) is 25.8. The van der Waals surface area contributed by atoms with Crippen molar-refractivity contribution in [2.75, 3.05) is 40.5 Å². The van der Waals surface area contributed by atoms with Gasteiger partial charge in [-0.1, -0.05) is 0 Å². The molecule has 2 unspecified atom stereocenters. The zero-order chi connectivity index (χ0) is 24.7. The van der Waals surface area contributed by atoms with Crippen LogP contribution in [0.1, 0.15) is 43.1 Å². The van der Waals surface area contributed by atoms with E-state index in [4.69, 9.17) is 9.47 Å². The number of benzene rings is 1. The molecule has 186 valence electrons. The van der Waals surface area contributed by atoms with Crippen LogP contribution in [0, 0.1) is 11.6 Å². The van der Waals surface area contributed by atoms with Crippen LogP contribution < -0.4 is 15.4 Å². The number of amides is 2. The zero-order valence-electron chi connectivity index (χ0n) is 19.8. The molecule has 1 aromatic carbocycles. The van der Waals surface area contributed by atoms with E-state index in [1.807, 2.05) is 0 Å². The van der Waals surface area contributed by atoms with Crippen LogP contribution in [0.15, 0.2) is 18.2 Å². The SMILES string of the molecule is COCCCOc1cc(C(=O)NC2CCC(CCN(C)C(C)=O)NC2)nc2c(F)cc(F)cc12. The molecule has 2 amide bonds. The number of piperidine rings is 1. The summed E-state index contributed by atoms with van der Waals surface area (Å²) in [6.07, 6.45) is 3.03. The van der Waals surface area contributed by atoms with Crippen molar-refractivity contribution in [3.63, 3.8) is 0 Å². The van der Waals surface area contributed by atoms with Gasteiger partial charge in [0, 0.05) is 76.8 Å². The Balaban J connectivity index is 1.66. The van der Waals surface area contributed by atoms with Gasteiger partial charge in [-0.15, -0.1) is 0 Å². The lowest BCUT2D eigenvalue weighted by Crippen LogP contribution is -2.50. The van der Waals surface area contributed by atoms with E-state index < -0.39 is 17.5 Å². The number of methoxy groups -OCH3 is 1. The summed E-state index contributed by atoms with van der Waals surface area (Å²) in [6, 6.07) is 3.45. The number of carbonyl (C=O) groups is 2. The molecular weight excluding hydrogens is 446 g/mol. The lowest BCUT2D eigenvalue weighted by Gasteiger charge is -2.31. The monoisotopic (exact) mass is 478 g/mol. The normalized spacial score (nSPS) is 18.0. The summed E-state index contributed by atoms with van der Waals surface area (Å²) in [7, 11) is 3.35. The summed E-state index contributed by atoms with van der Waals surface area (Å²) in [6.45, 7) is 3.52. The van der Waals surface area contributed by atoms with Gasteiger partial charge in [-0.05, 0) is 25.3 Å². The number of halogens is 2. The summed E-state index contributed by atoms with van der Waals surface area (Å²) in [5, 5.41) is 6.51. The van der Waals surface area contributed by atoms with Crippen LogP contribution in [0.2, 0.25) is 0 Å². The van der Waals surface area contributed by atoms with Crippen molar-refractivity contribution < 1.29 is 27.8 Å². The van der Waals surface area contributed by atoms with Gasteiger partial charge in [-0.25, -0.2) is 13.8 Å². The number of nitrogens with one attached hydrogen (secondary N) is 2. The molecule has 0 spiro atoms. The van der Waals surface area contributed by atoms with Gasteiger partial charge in [0.25, 0.3) is 5.91 Å². The second-order valence-corrected chi connectivity index (χ2v) is 8.57. The van der Waals surface area contributed by atoms with E-state index in [9.17, 15) is 18.4 Å². The lowest BCUT2D eigenvalue weighted by atomic mass is 9.98. The molecule has 3 rings (SSSR count). The summed E-state index contributed by atoms with van der Waals surface area (Å²) in [5.41, 5.74) is -0.114. The van der Waals surface area contributed by atoms with E-state index in [0.717, 1.165) is 31.4 Å². The topological polar surface area (TPSA) is 92.8 Å². The summed E-state index contributed by atoms with van der Waals surface area (Å²) < 4.78 is 39.0. The Labute approximate surface area is 198 Å². The third-order valence-electron chi connectivity index (χ3n) is 5.98. The predicted molar refractivity (Wildman–Crippen MR) is 124 cm³/mol. The van der Waals surface area contributed by atoms with Crippen LogP contribution in [0.25, 0.3) is 10.9 Å². The number of hydrogen-bond acceptors (Lipinski definition) is 6. The second-order valence-electron chi connectivity index (χ2n) is 8.57. The van der Waals surface area contributed by atoms with Crippen LogP contribution in [-0.4, -0.2) is 74.2 Å². The molecule has 34 heavy (non-hydrogen) atoms. The molecule has 2 N–H and O–H groups in total. The molecule has 0 saturated carbocycles. The highest BCUT2D eigenvalue weighted by Crippen LogP contribution is 2.29. The maximum atomic E-state index is 14.4. The quantitative estimate of drug-likeness (QED) is 0.510. The highest BCUT2D eigenvalue weighted by atomic mass is 19.1. The molecule has 8 nitrogen and oxygen atoms in total. The van der Waals surface area contributed by atoms with Gasteiger partial charge in [0.2, 0.25) is 5.91 Å². The van der Waals surface area contributed by atoms with Crippen molar-refractivity contribution >= 4 is 22.7 Å². The molecule has 2 aromatic rings. The maximum absolute atomic E-state index is 14.4. The molecule has 10 heteroatoms. The Morgan fingerprint density at radius 2 is 2.03 bits per heavy atom. The van der Waals surface area contributed by atoms with Crippen molar-refractivity contribution in [1.82, 2.24) is 20.5 Å². The molecular formula is C24H32F2N4O4. The number of pyridine rings is 1. The van der Waals surface area contributed by atoms with Gasteiger partial charge in [0.1, 0.15) is 22.8 Å². The van der Waals surface area contributed by atoms with Crippen LogP contribution in [0.5, 0.6) is 5.75 Å². The minimum Gasteiger partial charge on any atom is -0.493 e. The standard InChI is InChI=1S/C24H32F2N4O4/c1-15(31)30(2)8-7-17-5-6-18(14-27-17)28-24(32)21-13-22(34-10-4-9-33-3)19-11-16(25)12-20(26)23(19)29-21/h11-13,17-18,27H,4-10,14H2,1-3H3,(H,28,32). The Bertz CT molecular complexity index is 1010. The molecule has 2 heterocycles. The van der Waals surface area contributed by atoms with E-state index in [1.54, 1.807) is 26.0 Å². The van der Waals surface area contributed by atoms with Crippen LogP contribution in [0.4, 0.5) is 8.78 Å². The van der Waals surface area contributed by atoms with Crippen molar-refractivity contribution in [2.24, 2.45) is 0 Å². The lowest BCUT2D eigenvalue weighted by molar-refractivity contribution is -0.127. The Hall–Kier alpha value is -2.85. The largest absolute Gasteiger partial charge is 0.493 e. The number of nitrogens with zero attached hydrogens (tertiary/aromatic N) is 2. The van der Waals surface area contributed by atoms with Crippen molar-refractivity contribution in [3.05, 3.63) is 35.5 Å². The van der Waals surface area contributed by atoms with Crippen molar-refractivity contribution in [2.45, 2.75) is 44.7 Å². The Kier molecular flexibility index (Phi) is 9.12.